The van der Waals surface area contributed by atoms with Gasteiger partial charge in [0.25, 0.3) is 5.56 Å². The SMILES string of the molecule is CCC(c1ccccc1)c1cc2ccccc2c(=O)[nH]1. The van der Waals surface area contributed by atoms with Gasteiger partial charge in [0, 0.05) is 17.0 Å². The van der Waals surface area contributed by atoms with E-state index < -0.39 is 0 Å². The summed E-state index contributed by atoms with van der Waals surface area (Å²) in [6.07, 6.45) is 0.957. The average Bonchev–Trinajstić information content (AvgIpc) is 2.49. The molecule has 2 nitrogen and oxygen atoms in total. The summed E-state index contributed by atoms with van der Waals surface area (Å²) in [5.41, 5.74) is 2.22. The van der Waals surface area contributed by atoms with E-state index in [1.807, 2.05) is 42.5 Å². The van der Waals surface area contributed by atoms with Crippen molar-refractivity contribution in [3.8, 4) is 0 Å². The number of hydrogen-bond donors (Lipinski definition) is 1. The van der Waals surface area contributed by atoms with Gasteiger partial charge in [-0.2, -0.15) is 0 Å². The van der Waals surface area contributed by atoms with Crippen LogP contribution in [0, 0.1) is 0 Å². The highest BCUT2D eigenvalue weighted by molar-refractivity contribution is 5.81. The molecule has 100 valence electrons. The van der Waals surface area contributed by atoms with Crippen LogP contribution in [0.2, 0.25) is 0 Å². The summed E-state index contributed by atoms with van der Waals surface area (Å²) in [5, 5.41) is 1.75. The second-order valence-electron chi connectivity index (χ2n) is 5.01. The van der Waals surface area contributed by atoms with Crippen LogP contribution in [0.4, 0.5) is 0 Å². The van der Waals surface area contributed by atoms with Gasteiger partial charge >= 0.3 is 0 Å². The zero-order valence-corrected chi connectivity index (χ0v) is 11.5. The second kappa shape index (κ2) is 5.33. The highest BCUT2D eigenvalue weighted by Gasteiger charge is 2.13. The van der Waals surface area contributed by atoms with Crippen molar-refractivity contribution < 1.29 is 0 Å². The summed E-state index contributed by atoms with van der Waals surface area (Å²) in [4.78, 5) is 15.2. The normalized spacial score (nSPS) is 12.4. The van der Waals surface area contributed by atoms with Crippen molar-refractivity contribution in [1.29, 1.82) is 0 Å². The summed E-state index contributed by atoms with van der Waals surface area (Å²) in [5.74, 6) is 0.230. The maximum atomic E-state index is 12.2. The molecule has 1 atom stereocenters. The van der Waals surface area contributed by atoms with E-state index in [9.17, 15) is 4.79 Å². The molecule has 1 N–H and O–H groups in total. The predicted molar refractivity (Wildman–Crippen MR) is 83.1 cm³/mol. The molecule has 2 aromatic carbocycles. The van der Waals surface area contributed by atoms with Crippen LogP contribution in [0.25, 0.3) is 10.8 Å². The topological polar surface area (TPSA) is 32.9 Å². The molecular formula is C18H17NO. The molecular weight excluding hydrogens is 246 g/mol. The number of H-pyrrole nitrogens is 1. The van der Waals surface area contributed by atoms with Crippen molar-refractivity contribution in [2.45, 2.75) is 19.3 Å². The van der Waals surface area contributed by atoms with E-state index in [0.717, 1.165) is 22.9 Å². The highest BCUT2D eigenvalue weighted by Crippen LogP contribution is 2.27. The zero-order chi connectivity index (χ0) is 13.9. The van der Waals surface area contributed by atoms with Crippen LogP contribution in [-0.2, 0) is 0 Å². The lowest BCUT2D eigenvalue weighted by molar-refractivity contribution is 0.748. The first-order chi connectivity index (χ1) is 9.79. The molecule has 1 unspecified atom stereocenters. The van der Waals surface area contributed by atoms with E-state index in [-0.39, 0.29) is 11.5 Å². The minimum Gasteiger partial charge on any atom is -0.325 e. The third-order valence-corrected chi connectivity index (χ3v) is 3.76. The Morgan fingerprint density at radius 2 is 1.70 bits per heavy atom. The Kier molecular flexibility index (Phi) is 3.38. The minimum absolute atomic E-state index is 0.00696. The molecule has 0 saturated carbocycles. The molecule has 0 aliphatic carbocycles. The zero-order valence-electron chi connectivity index (χ0n) is 11.5. The maximum absolute atomic E-state index is 12.2. The Balaban J connectivity index is 2.16. The van der Waals surface area contributed by atoms with Gasteiger partial charge in [-0.05, 0) is 29.5 Å². The fourth-order valence-electron chi connectivity index (χ4n) is 2.74. The smallest absolute Gasteiger partial charge is 0.256 e. The minimum atomic E-state index is -0.00696. The molecule has 0 aliphatic rings. The molecule has 0 spiro atoms. The highest BCUT2D eigenvalue weighted by atomic mass is 16.1. The largest absolute Gasteiger partial charge is 0.325 e. The van der Waals surface area contributed by atoms with Crippen molar-refractivity contribution in [3.63, 3.8) is 0 Å². The van der Waals surface area contributed by atoms with Crippen LogP contribution in [0.1, 0.15) is 30.5 Å². The molecule has 0 radical (unpaired) electrons. The Hall–Kier alpha value is -2.35. The number of nitrogens with one attached hydrogen (secondary N) is 1. The van der Waals surface area contributed by atoms with Crippen molar-refractivity contribution in [1.82, 2.24) is 4.98 Å². The Morgan fingerprint density at radius 3 is 2.45 bits per heavy atom. The first-order valence-corrected chi connectivity index (χ1v) is 6.96. The van der Waals surface area contributed by atoms with Crippen LogP contribution in [-0.4, -0.2) is 4.98 Å². The molecule has 0 bridgehead atoms. The van der Waals surface area contributed by atoms with Crippen molar-refractivity contribution in [2.24, 2.45) is 0 Å². The lowest BCUT2D eigenvalue weighted by Gasteiger charge is -2.16. The van der Waals surface area contributed by atoms with E-state index in [0.29, 0.717) is 0 Å². The molecule has 0 saturated heterocycles. The van der Waals surface area contributed by atoms with Gasteiger partial charge in [-0.1, -0.05) is 55.5 Å². The summed E-state index contributed by atoms with van der Waals surface area (Å²) in [7, 11) is 0. The number of pyridine rings is 1. The fourth-order valence-corrected chi connectivity index (χ4v) is 2.74. The van der Waals surface area contributed by atoms with Crippen LogP contribution in [0.15, 0.2) is 65.5 Å². The number of benzene rings is 2. The van der Waals surface area contributed by atoms with Gasteiger partial charge in [0.2, 0.25) is 0 Å². The van der Waals surface area contributed by atoms with Crippen LogP contribution in [0.3, 0.4) is 0 Å². The van der Waals surface area contributed by atoms with Crippen LogP contribution < -0.4 is 5.56 Å². The fraction of sp³-hybridized carbons (Fsp3) is 0.167. The molecule has 1 heterocycles. The summed E-state index contributed by atoms with van der Waals surface area (Å²) in [6, 6.07) is 20.1. The van der Waals surface area contributed by atoms with Gasteiger partial charge in [-0.25, -0.2) is 0 Å². The first kappa shape index (κ1) is 12.7. The summed E-state index contributed by atoms with van der Waals surface area (Å²) < 4.78 is 0. The Labute approximate surface area is 118 Å². The lowest BCUT2D eigenvalue weighted by atomic mass is 9.92. The van der Waals surface area contributed by atoms with E-state index in [1.54, 1.807) is 0 Å². The molecule has 0 fully saturated rings. The average molecular weight is 263 g/mol. The molecule has 0 aliphatic heterocycles. The first-order valence-electron chi connectivity index (χ1n) is 6.96. The number of aromatic nitrogens is 1. The van der Waals surface area contributed by atoms with Gasteiger partial charge in [0.1, 0.15) is 0 Å². The lowest BCUT2D eigenvalue weighted by Crippen LogP contribution is -2.12. The van der Waals surface area contributed by atoms with E-state index in [1.165, 1.54) is 5.56 Å². The van der Waals surface area contributed by atoms with Gasteiger partial charge in [0.15, 0.2) is 0 Å². The third kappa shape index (κ3) is 2.25. The molecule has 3 rings (SSSR count). The van der Waals surface area contributed by atoms with Crippen LogP contribution in [0.5, 0.6) is 0 Å². The quantitative estimate of drug-likeness (QED) is 0.759. The summed E-state index contributed by atoms with van der Waals surface area (Å²) in [6.45, 7) is 2.14. The van der Waals surface area contributed by atoms with Gasteiger partial charge in [-0.15, -0.1) is 0 Å². The number of hydrogen-bond acceptors (Lipinski definition) is 1. The van der Waals surface area contributed by atoms with Gasteiger partial charge < -0.3 is 4.98 Å². The molecule has 20 heavy (non-hydrogen) atoms. The Bertz CT molecular complexity index is 774. The summed E-state index contributed by atoms with van der Waals surface area (Å²) >= 11 is 0. The van der Waals surface area contributed by atoms with Crippen molar-refractivity contribution in [2.75, 3.05) is 0 Å². The predicted octanol–water partition coefficient (Wildman–Crippen LogP) is 4.07. The third-order valence-electron chi connectivity index (χ3n) is 3.76. The van der Waals surface area contributed by atoms with E-state index in [4.69, 9.17) is 0 Å². The number of rotatable bonds is 3. The monoisotopic (exact) mass is 263 g/mol. The number of aromatic amines is 1. The second-order valence-corrected chi connectivity index (χ2v) is 5.01. The standard InChI is InChI=1S/C18H17NO/c1-2-15(13-8-4-3-5-9-13)17-12-14-10-6-7-11-16(14)18(20)19-17/h3-12,15H,2H2,1H3,(H,19,20). The molecule has 2 heteroatoms. The van der Waals surface area contributed by atoms with Crippen LogP contribution >= 0.6 is 0 Å². The molecule has 1 aromatic heterocycles. The Morgan fingerprint density at radius 1 is 1.00 bits per heavy atom. The number of fused-ring (bicyclic) bond motifs is 1. The van der Waals surface area contributed by atoms with Gasteiger partial charge in [-0.3, -0.25) is 4.79 Å². The van der Waals surface area contributed by atoms with E-state index >= 15 is 0 Å². The van der Waals surface area contributed by atoms with E-state index in [2.05, 4.69) is 30.1 Å². The van der Waals surface area contributed by atoms with Crippen molar-refractivity contribution in [3.05, 3.63) is 82.3 Å². The molecule has 0 amide bonds. The van der Waals surface area contributed by atoms with Crippen molar-refractivity contribution >= 4 is 10.8 Å². The van der Waals surface area contributed by atoms with Gasteiger partial charge in [0.05, 0.1) is 0 Å². The maximum Gasteiger partial charge on any atom is 0.256 e. The molecule has 3 aromatic rings.